The summed E-state index contributed by atoms with van der Waals surface area (Å²) in [5.41, 5.74) is 2.01. The first-order valence-corrected chi connectivity index (χ1v) is 8.36. The van der Waals surface area contributed by atoms with E-state index in [0.717, 1.165) is 40.1 Å². The summed E-state index contributed by atoms with van der Waals surface area (Å²) < 4.78 is 14.4. The maximum Gasteiger partial charge on any atom is 0.124 e. The largest absolute Gasteiger partial charge is 0.310 e. The molecule has 1 aromatic heterocycles. The van der Waals surface area contributed by atoms with Gasteiger partial charge >= 0.3 is 0 Å². The predicted octanol–water partition coefficient (Wildman–Crippen LogP) is 4.64. The van der Waals surface area contributed by atoms with E-state index in [2.05, 4.69) is 38.5 Å². The summed E-state index contributed by atoms with van der Waals surface area (Å²) in [6.07, 6.45) is 1.82. The number of benzene rings is 1. The molecule has 1 N–H and O–H groups in total. The van der Waals surface area contributed by atoms with Gasteiger partial charge in [-0.25, -0.2) is 9.37 Å². The molecule has 0 bridgehead atoms. The number of nitrogens with zero attached hydrogens (tertiary/aromatic N) is 1. The highest BCUT2D eigenvalue weighted by Gasteiger charge is 2.14. The number of halogens is 2. The molecule has 0 fully saturated rings. The summed E-state index contributed by atoms with van der Waals surface area (Å²) in [6, 6.07) is 5.13. The fraction of sp³-hybridized carbons (Fsp3) is 0.400. The molecule has 0 amide bonds. The second-order valence-corrected chi connectivity index (χ2v) is 6.75. The standard InChI is InChI=1S/C15H18BrFN2S/c1-3-4-18-15(8-14-9-20-10(2)19-14)11-5-12(16)7-13(17)6-11/h5-7,9,15,18H,3-4,8H2,1-2H3. The molecule has 1 unspecified atom stereocenters. The van der Waals surface area contributed by atoms with E-state index >= 15 is 0 Å². The third-order valence-electron chi connectivity index (χ3n) is 3.01. The van der Waals surface area contributed by atoms with Crippen molar-refractivity contribution in [3.63, 3.8) is 0 Å². The molecule has 1 aromatic carbocycles. The summed E-state index contributed by atoms with van der Waals surface area (Å²) >= 11 is 5.01. The van der Waals surface area contributed by atoms with Gasteiger partial charge in [0.05, 0.1) is 10.7 Å². The first kappa shape index (κ1) is 15.6. The number of hydrogen-bond donors (Lipinski definition) is 1. The van der Waals surface area contributed by atoms with Crippen LogP contribution in [0.2, 0.25) is 0 Å². The van der Waals surface area contributed by atoms with Gasteiger partial charge in [0.25, 0.3) is 0 Å². The Labute approximate surface area is 131 Å². The molecule has 2 nitrogen and oxygen atoms in total. The summed E-state index contributed by atoms with van der Waals surface area (Å²) in [6.45, 7) is 5.03. The van der Waals surface area contributed by atoms with E-state index in [1.807, 2.05) is 13.0 Å². The molecule has 5 heteroatoms. The topological polar surface area (TPSA) is 24.9 Å². The van der Waals surface area contributed by atoms with Gasteiger partial charge in [0, 0.05) is 22.3 Å². The molecule has 20 heavy (non-hydrogen) atoms. The zero-order chi connectivity index (χ0) is 14.5. The van der Waals surface area contributed by atoms with Gasteiger partial charge < -0.3 is 5.32 Å². The smallest absolute Gasteiger partial charge is 0.124 e. The van der Waals surface area contributed by atoms with Crippen LogP contribution in [0, 0.1) is 12.7 Å². The lowest BCUT2D eigenvalue weighted by Crippen LogP contribution is -2.24. The summed E-state index contributed by atoms with van der Waals surface area (Å²) in [5, 5.41) is 6.61. The Morgan fingerprint density at radius 2 is 2.20 bits per heavy atom. The van der Waals surface area contributed by atoms with Crippen LogP contribution in [0.5, 0.6) is 0 Å². The molecule has 0 aliphatic rings. The summed E-state index contributed by atoms with van der Waals surface area (Å²) in [4.78, 5) is 4.50. The molecule has 1 heterocycles. The first-order chi connectivity index (χ1) is 9.58. The Balaban J connectivity index is 2.21. The monoisotopic (exact) mass is 356 g/mol. The predicted molar refractivity (Wildman–Crippen MR) is 85.7 cm³/mol. The maximum absolute atomic E-state index is 13.6. The fourth-order valence-electron chi connectivity index (χ4n) is 2.11. The molecule has 2 rings (SSSR count). The Kier molecular flexibility index (Phi) is 5.69. The molecule has 1 atom stereocenters. The van der Waals surface area contributed by atoms with Crippen LogP contribution in [0.1, 0.15) is 35.7 Å². The van der Waals surface area contributed by atoms with E-state index in [9.17, 15) is 4.39 Å². The Morgan fingerprint density at radius 1 is 1.40 bits per heavy atom. The van der Waals surface area contributed by atoms with Crippen LogP contribution >= 0.6 is 27.3 Å². The molecule has 0 radical (unpaired) electrons. The number of thiazole rings is 1. The molecule has 2 aromatic rings. The first-order valence-electron chi connectivity index (χ1n) is 6.69. The zero-order valence-electron chi connectivity index (χ0n) is 11.6. The zero-order valence-corrected chi connectivity index (χ0v) is 14.0. The van der Waals surface area contributed by atoms with Crippen LogP contribution in [0.25, 0.3) is 0 Å². The van der Waals surface area contributed by atoms with Crippen LogP contribution in [-0.2, 0) is 6.42 Å². The number of rotatable bonds is 6. The Morgan fingerprint density at radius 3 is 2.80 bits per heavy atom. The molecule has 0 saturated carbocycles. The third kappa shape index (κ3) is 4.36. The lowest BCUT2D eigenvalue weighted by molar-refractivity contribution is 0.520. The lowest BCUT2D eigenvalue weighted by Gasteiger charge is -2.18. The van der Waals surface area contributed by atoms with Gasteiger partial charge in [-0.15, -0.1) is 11.3 Å². The molecule has 0 aliphatic heterocycles. The van der Waals surface area contributed by atoms with Gasteiger partial charge in [0.2, 0.25) is 0 Å². The minimum atomic E-state index is -0.216. The Bertz CT molecular complexity index is 551. The fourth-order valence-corrected chi connectivity index (χ4v) is 3.22. The van der Waals surface area contributed by atoms with E-state index in [0.29, 0.717) is 0 Å². The second kappa shape index (κ2) is 7.29. The van der Waals surface area contributed by atoms with Crippen LogP contribution < -0.4 is 5.32 Å². The summed E-state index contributed by atoms with van der Waals surface area (Å²) in [7, 11) is 0. The average Bonchev–Trinajstić information content (AvgIpc) is 2.79. The van der Waals surface area contributed by atoms with Crippen LogP contribution in [0.3, 0.4) is 0 Å². The highest BCUT2D eigenvalue weighted by Crippen LogP contribution is 2.24. The van der Waals surface area contributed by atoms with Gasteiger partial charge in [-0.05, 0) is 43.7 Å². The molecular formula is C15H18BrFN2S. The second-order valence-electron chi connectivity index (χ2n) is 4.77. The minimum absolute atomic E-state index is 0.0865. The van der Waals surface area contributed by atoms with Crippen LogP contribution in [-0.4, -0.2) is 11.5 Å². The van der Waals surface area contributed by atoms with Crippen LogP contribution in [0.15, 0.2) is 28.1 Å². The highest BCUT2D eigenvalue weighted by atomic mass is 79.9. The van der Waals surface area contributed by atoms with Crippen molar-refractivity contribution in [3.8, 4) is 0 Å². The van der Waals surface area contributed by atoms with Gasteiger partial charge in [0.15, 0.2) is 0 Å². The van der Waals surface area contributed by atoms with E-state index in [1.165, 1.54) is 6.07 Å². The van der Waals surface area contributed by atoms with Crippen molar-refractivity contribution in [1.82, 2.24) is 10.3 Å². The van der Waals surface area contributed by atoms with Gasteiger partial charge in [0.1, 0.15) is 5.82 Å². The minimum Gasteiger partial charge on any atom is -0.310 e. The molecule has 0 aliphatic carbocycles. The molecule has 108 valence electrons. The molecule has 0 saturated heterocycles. The lowest BCUT2D eigenvalue weighted by atomic mass is 10.0. The van der Waals surface area contributed by atoms with Crippen molar-refractivity contribution < 1.29 is 4.39 Å². The van der Waals surface area contributed by atoms with Gasteiger partial charge in [-0.3, -0.25) is 0 Å². The number of hydrogen-bond acceptors (Lipinski definition) is 3. The Hall–Kier alpha value is -0.780. The van der Waals surface area contributed by atoms with Crippen molar-refractivity contribution in [2.45, 2.75) is 32.7 Å². The van der Waals surface area contributed by atoms with E-state index in [-0.39, 0.29) is 11.9 Å². The van der Waals surface area contributed by atoms with E-state index < -0.39 is 0 Å². The van der Waals surface area contributed by atoms with Crippen molar-refractivity contribution in [2.24, 2.45) is 0 Å². The van der Waals surface area contributed by atoms with Crippen LogP contribution in [0.4, 0.5) is 4.39 Å². The van der Waals surface area contributed by atoms with E-state index in [1.54, 1.807) is 17.4 Å². The number of aryl methyl sites for hydroxylation is 1. The van der Waals surface area contributed by atoms with E-state index in [4.69, 9.17) is 0 Å². The van der Waals surface area contributed by atoms with Gasteiger partial charge in [-0.1, -0.05) is 22.9 Å². The van der Waals surface area contributed by atoms with Crippen molar-refractivity contribution in [3.05, 3.63) is 50.1 Å². The normalized spacial score (nSPS) is 12.6. The average molecular weight is 357 g/mol. The summed E-state index contributed by atoms with van der Waals surface area (Å²) in [5.74, 6) is -0.216. The van der Waals surface area contributed by atoms with Crippen molar-refractivity contribution in [2.75, 3.05) is 6.54 Å². The third-order valence-corrected chi connectivity index (χ3v) is 4.29. The molecule has 0 spiro atoms. The molecular weight excluding hydrogens is 339 g/mol. The number of nitrogens with one attached hydrogen (secondary N) is 1. The highest BCUT2D eigenvalue weighted by molar-refractivity contribution is 9.10. The number of aromatic nitrogens is 1. The van der Waals surface area contributed by atoms with Gasteiger partial charge in [-0.2, -0.15) is 0 Å². The van der Waals surface area contributed by atoms with Crippen molar-refractivity contribution >= 4 is 27.3 Å². The maximum atomic E-state index is 13.6. The van der Waals surface area contributed by atoms with Crippen molar-refractivity contribution in [1.29, 1.82) is 0 Å². The SMILES string of the molecule is CCCNC(Cc1csc(C)n1)c1cc(F)cc(Br)c1. The quantitative estimate of drug-likeness (QED) is 0.815.